The van der Waals surface area contributed by atoms with Gasteiger partial charge in [-0.15, -0.1) is 0 Å². The number of methoxy groups -OCH3 is 1. The van der Waals surface area contributed by atoms with Gasteiger partial charge in [0.2, 0.25) is 0 Å². The number of rotatable bonds is 4. The van der Waals surface area contributed by atoms with Gasteiger partial charge >= 0.3 is 0 Å². The number of aromatic nitrogens is 1. The Morgan fingerprint density at radius 2 is 1.89 bits per heavy atom. The number of nitrogens with one attached hydrogen (secondary N) is 1. The maximum atomic E-state index is 13.8. The van der Waals surface area contributed by atoms with Gasteiger partial charge in [-0.25, -0.2) is 14.2 Å². The van der Waals surface area contributed by atoms with Gasteiger partial charge in [-0.2, -0.15) is 0 Å². The molecule has 0 fully saturated rings. The quantitative estimate of drug-likeness (QED) is 0.655. The third-order valence-corrected chi connectivity index (χ3v) is 2.75. The van der Waals surface area contributed by atoms with Crippen molar-refractivity contribution >= 4 is 0 Å². The molecule has 0 aliphatic rings. The van der Waals surface area contributed by atoms with Crippen molar-refractivity contribution in [2.24, 2.45) is 5.84 Å². The molecule has 4 nitrogen and oxygen atoms in total. The van der Waals surface area contributed by atoms with Crippen molar-refractivity contribution in [1.29, 1.82) is 0 Å². The maximum absolute atomic E-state index is 13.8. The van der Waals surface area contributed by atoms with Crippen molar-refractivity contribution in [3.8, 4) is 5.75 Å². The highest BCUT2D eigenvalue weighted by molar-refractivity contribution is 5.37. The molecule has 19 heavy (non-hydrogen) atoms. The molecule has 0 spiro atoms. The Morgan fingerprint density at radius 3 is 2.47 bits per heavy atom. The molecule has 0 aliphatic heterocycles. The molecule has 0 bridgehead atoms. The van der Waals surface area contributed by atoms with E-state index >= 15 is 0 Å². The highest BCUT2D eigenvalue weighted by Gasteiger charge is 2.24. The molecule has 1 atom stereocenters. The first-order chi connectivity index (χ1) is 9.19. The lowest BCUT2D eigenvalue weighted by atomic mass is 10.0. The second-order valence-electron chi connectivity index (χ2n) is 3.83. The molecule has 0 amide bonds. The molecule has 3 N–H and O–H groups in total. The average Bonchev–Trinajstić information content (AvgIpc) is 2.43. The Morgan fingerprint density at radius 1 is 1.21 bits per heavy atom. The van der Waals surface area contributed by atoms with Crippen LogP contribution in [0.15, 0.2) is 36.5 Å². The summed E-state index contributed by atoms with van der Waals surface area (Å²) < 4.78 is 32.7. The van der Waals surface area contributed by atoms with Crippen LogP contribution in [0, 0.1) is 11.6 Å². The SMILES string of the molecule is COc1cccnc1C(NN)c1c(F)cccc1F. The molecule has 0 radical (unpaired) electrons. The van der Waals surface area contributed by atoms with Gasteiger partial charge < -0.3 is 4.74 Å². The van der Waals surface area contributed by atoms with E-state index in [2.05, 4.69) is 10.4 Å². The van der Waals surface area contributed by atoms with Crippen LogP contribution in [0.25, 0.3) is 0 Å². The third-order valence-electron chi connectivity index (χ3n) is 2.75. The van der Waals surface area contributed by atoms with E-state index in [-0.39, 0.29) is 5.56 Å². The van der Waals surface area contributed by atoms with Crippen molar-refractivity contribution in [1.82, 2.24) is 10.4 Å². The van der Waals surface area contributed by atoms with E-state index in [0.717, 1.165) is 12.1 Å². The first-order valence-corrected chi connectivity index (χ1v) is 5.58. The summed E-state index contributed by atoms with van der Waals surface area (Å²) in [5.41, 5.74) is 2.49. The topological polar surface area (TPSA) is 60.2 Å². The summed E-state index contributed by atoms with van der Waals surface area (Å²) in [6, 6.07) is 5.99. The molecule has 1 unspecified atom stereocenters. The van der Waals surface area contributed by atoms with Gasteiger partial charge in [-0.3, -0.25) is 10.8 Å². The zero-order chi connectivity index (χ0) is 13.8. The molecular formula is C13H13F2N3O. The minimum absolute atomic E-state index is 0.193. The smallest absolute Gasteiger partial charge is 0.142 e. The van der Waals surface area contributed by atoms with Crippen LogP contribution in [0.3, 0.4) is 0 Å². The molecule has 0 saturated carbocycles. The van der Waals surface area contributed by atoms with Crippen molar-refractivity contribution < 1.29 is 13.5 Å². The van der Waals surface area contributed by atoms with Gasteiger partial charge in [-0.1, -0.05) is 6.07 Å². The van der Waals surface area contributed by atoms with E-state index in [9.17, 15) is 8.78 Å². The van der Waals surface area contributed by atoms with Crippen molar-refractivity contribution in [2.45, 2.75) is 6.04 Å². The molecule has 1 aromatic heterocycles. The molecular weight excluding hydrogens is 252 g/mol. The van der Waals surface area contributed by atoms with E-state index in [0.29, 0.717) is 11.4 Å². The highest BCUT2D eigenvalue weighted by atomic mass is 19.1. The largest absolute Gasteiger partial charge is 0.495 e. The molecule has 6 heteroatoms. The van der Waals surface area contributed by atoms with Crippen molar-refractivity contribution in [3.63, 3.8) is 0 Å². The standard InChI is InChI=1S/C13H13F2N3O/c1-19-10-6-3-7-17-12(10)13(18-16)11-8(14)4-2-5-9(11)15/h2-7,13,18H,16H2,1H3. The van der Waals surface area contributed by atoms with Crippen LogP contribution >= 0.6 is 0 Å². The number of halogens is 2. The van der Waals surface area contributed by atoms with Gasteiger partial charge in [0.15, 0.2) is 0 Å². The van der Waals surface area contributed by atoms with Crippen LogP contribution in [0.1, 0.15) is 17.3 Å². The Balaban J connectivity index is 2.57. The van der Waals surface area contributed by atoms with Gasteiger partial charge in [-0.05, 0) is 24.3 Å². The minimum atomic E-state index is -0.933. The van der Waals surface area contributed by atoms with E-state index in [1.807, 2.05) is 0 Å². The van der Waals surface area contributed by atoms with Crippen LogP contribution in [0.4, 0.5) is 8.78 Å². The fourth-order valence-corrected chi connectivity index (χ4v) is 1.88. The molecule has 0 aliphatic carbocycles. The summed E-state index contributed by atoms with van der Waals surface area (Å²) in [7, 11) is 1.45. The average molecular weight is 265 g/mol. The number of benzene rings is 1. The van der Waals surface area contributed by atoms with Gasteiger partial charge in [0.1, 0.15) is 23.1 Å². The Kier molecular flexibility index (Phi) is 4.03. The second-order valence-corrected chi connectivity index (χ2v) is 3.83. The van der Waals surface area contributed by atoms with Crippen molar-refractivity contribution in [2.75, 3.05) is 7.11 Å². The van der Waals surface area contributed by atoms with Gasteiger partial charge in [0, 0.05) is 11.8 Å². The van der Waals surface area contributed by atoms with E-state index in [4.69, 9.17) is 10.6 Å². The van der Waals surface area contributed by atoms with Gasteiger partial charge in [0.25, 0.3) is 0 Å². The van der Waals surface area contributed by atoms with Crippen molar-refractivity contribution in [3.05, 3.63) is 59.4 Å². The van der Waals surface area contributed by atoms with E-state index in [1.54, 1.807) is 12.1 Å². The number of nitrogens with zero attached hydrogens (tertiary/aromatic N) is 1. The lowest BCUT2D eigenvalue weighted by Gasteiger charge is -2.19. The summed E-state index contributed by atoms with van der Waals surface area (Å²) in [6.07, 6.45) is 1.50. The fourth-order valence-electron chi connectivity index (χ4n) is 1.88. The summed E-state index contributed by atoms with van der Waals surface area (Å²) >= 11 is 0. The Bertz CT molecular complexity index is 557. The van der Waals surface area contributed by atoms with Crippen LogP contribution in [0.5, 0.6) is 5.75 Å². The van der Waals surface area contributed by atoms with E-state index < -0.39 is 17.7 Å². The number of hydrogen-bond donors (Lipinski definition) is 2. The first-order valence-electron chi connectivity index (χ1n) is 5.58. The zero-order valence-corrected chi connectivity index (χ0v) is 10.2. The normalized spacial score (nSPS) is 12.2. The molecule has 100 valence electrons. The maximum Gasteiger partial charge on any atom is 0.142 e. The van der Waals surface area contributed by atoms with Crippen LogP contribution in [0.2, 0.25) is 0 Å². The summed E-state index contributed by atoms with van der Waals surface area (Å²) in [6.45, 7) is 0. The number of hydrazine groups is 1. The first kappa shape index (κ1) is 13.4. The predicted molar refractivity (Wildman–Crippen MR) is 66.3 cm³/mol. The molecule has 2 rings (SSSR count). The lowest BCUT2D eigenvalue weighted by Crippen LogP contribution is -2.31. The molecule has 1 aromatic carbocycles. The number of hydrogen-bond acceptors (Lipinski definition) is 4. The van der Waals surface area contributed by atoms with Crippen LogP contribution < -0.4 is 16.0 Å². The number of ether oxygens (including phenoxy) is 1. The third kappa shape index (κ3) is 2.54. The molecule has 2 aromatic rings. The fraction of sp³-hybridized carbons (Fsp3) is 0.154. The lowest BCUT2D eigenvalue weighted by molar-refractivity contribution is 0.397. The molecule has 1 heterocycles. The number of nitrogens with two attached hydrogens (primary N) is 1. The minimum Gasteiger partial charge on any atom is -0.495 e. The second kappa shape index (κ2) is 5.73. The Labute approximate surface area is 109 Å². The van der Waals surface area contributed by atoms with Crippen LogP contribution in [-0.4, -0.2) is 12.1 Å². The summed E-state index contributed by atoms with van der Waals surface area (Å²) in [5, 5.41) is 0. The van der Waals surface area contributed by atoms with Crippen LogP contribution in [-0.2, 0) is 0 Å². The molecule has 0 saturated heterocycles. The Hall–Kier alpha value is -2.05. The van der Waals surface area contributed by atoms with E-state index in [1.165, 1.54) is 19.4 Å². The van der Waals surface area contributed by atoms with Gasteiger partial charge in [0.05, 0.1) is 13.2 Å². The predicted octanol–water partition coefficient (Wildman–Crippen LogP) is 1.92. The summed E-state index contributed by atoms with van der Waals surface area (Å²) in [4.78, 5) is 4.08. The zero-order valence-electron chi connectivity index (χ0n) is 10.2. The monoisotopic (exact) mass is 265 g/mol. The highest BCUT2D eigenvalue weighted by Crippen LogP contribution is 2.30. The number of pyridine rings is 1. The summed E-state index contributed by atoms with van der Waals surface area (Å²) in [5.74, 6) is 4.42.